The van der Waals surface area contributed by atoms with E-state index in [2.05, 4.69) is 10.0 Å². The second-order valence-corrected chi connectivity index (χ2v) is 7.08. The molecule has 0 saturated carbocycles. The molecule has 0 fully saturated rings. The number of benzene rings is 1. The lowest BCUT2D eigenvalue weighted by Gasteiger charge is -2.16. The van der Waals surface area contributed by atoms with Gasteiger partial charge >= 0.3 is 0 Å². The summed E-state index contributed by atoms with van der Waals surface area (Å²) < 4.78 is 32.5. The lowest BCUT2D eigenvalue weighted by atomic mass is 10.2. The summed E-state index contributed by atoms with van der Waals surface area (Å²) in [6, 6.07) is 2.57. The summed E-state index contributed by atoms with van der Waals surface area (Å²) in [5, 5.41) is 3.45. The number of hydrogen-bond acceptors (Lipinski definition) is 4. The van der Waals surface area contributed by atoms with Crippen molar-refractivity contribution in [1.29, 1.82) is 0 Å². The second kappa shape index (κ2) is 8.31. The van der Waals surface area contributed by atoms with Gasteiger partial charge in [0.15, 0.2) is 0 Å². The summed E-state index contributed by atoms with van der Waals surface area (Å²) in [6.45, 7) is 4.85. The van der Waals surface area contributed by atoms with Gasteiger partial charge in [0, 0.05) is 24.2 Å². The molecule has 120 valence electrons. The molecule has 0 heterocycles. The van der Waals surface area contributed by atoms with Crippen LogP contribution in [0.15, 0.2) is 17.0 Å². The molecule has 2 N–H and O–H groups in total. The maximum atomic E-state index is 12.4. The first-order valence-corrected chi connectivity index (χ1v) is 8.78. The fourth-order valence-corrected chi connectivity index (χ4v) is 3.85. The Morgan fingerprint density at radius 2 is 1.95 bits per heavy atom. The maximum Gasteiger partial charge on any atom is 0.242 e. The van der Waals surface area contributed by atoms with Gasteiger partial charge in [0.1, 0.15) is 4.90 Å². The molecule has 0 bridgehead atoms. The van der Waals surface area contributed by atoms with Gasteiger partial charge in [-0.25, -0.2) is 13.1 Å². The molecule has 0 aromatic heterocycles. The minimum Gasteiger partial charge on any atom is -0.380 e. The predicted octanol–water partition coefficient (Wildman–Crippen LogP) is 2.42. The monoisotopic (exact) mass is 354 g/mol. The van der Waals surface area contributed by atoms with Gasteiger partial charge in [-0.15, -0.1) is 0 Å². The Kier molecular flexibility index (Phi) is 7.39. The Morgan fingerprint density at radius 3 is 2.52 bits per heavy atom. The zero-order valence-electron chi connectivity index (χ0n) is 12.2. The van der Waals surface area contributed by atoms with Crippen LogP contribution in [0.4, 0.5) is 0 Å². The lowest BCUT2D eigenvalue weighted by molar-refractivity contribution is 0.133. The average Bonchev–Trinajstić information content (AvgIpc) is 2.38. The maximum absolute atomic E-state index is 12.4. The van der Waals surface area contributed by atoms with Crippen LogP contribution in [0, 0.1) is 0 Å². The third kappa shape index (κ3) is 5.39. The van der Waals surface area contributed by atoms with Crippen molar-refractivity contribution in [2.24, 2.45) is 0 Å². The molecule has 21 heavy (non-hydrogen) atoms. The highest BCUT2D eigenvalue weighted by atomic mass is 35.5. The molecular weight excluding hydrogens is 335 g/mol. The minimum absolute atomic E-state index is 0.0159. The summed E-state index contributed by atoms with van der Waals surface area (Å²) in [5.74, 6) is 0. The standard InChI is InChI=1S/C13H20Cl2N2O3S/c1-4-20-8-9(2)17-21(18,19)13-5-10(7-16-3)11(14)6-12(13)15/h5-6,9,16-17H,4,7-8H2,1-3H3. The van der Waals surface area contributed by atoms with E-state index in [0.29, 0.717) is 30.3 Å². The van der Waals surface area contributed by atoms with Crippen LogP contribution in [0.25, 0.3) is 0 Å². The van der Waals surface area contributed by atoms with Gasteiger partial charge in [0.25, 0.3) is 0 Å². The van der Waals surface area contributed by atoms with Crippen LogP contribution < -0.4 is 10.0 Å². The molecule has 0 aliphatic carbocycles. The smallest absolute Gasteiger partial charge is 0.242 e. The van der Waals surface area contributed by atoms with Gasteiger partial charge in [-0.1, -0.05) is 23.2 Å². The van der Waals surface area contributed by atoms with E-state index >= 15 is 0 Å². The molecule has 1 aromatic carbocycles. The first-order chi connectivity index (χ1) is 9.81. The van der Waals surface area contributed by atoms with Crippen molar-refractivity contribution in [1.82, 2.24) is 10.0 Å². The molecule has 1 rings (SSSR count). The molecule has 0 spiro atoms. The van der Waals surface area contributed by atoms with Gasteiger partial charge in [0.05, 0.1) is 11.6 Å². The SMILES string of the molecule is CCOCC(C)NS(=O)(=O)c1cc(CNC)c(Cl)cc1Cl. The number of hydrogen-bond donors (Lipinski definition) is 2. The largest absolute Gasteiger partial charge is 0.380 e. The normalized spacial score (nSPS) is 13.4. The van der Waals surface area contributed by atoms with E-state index in [1.165, 1.54) is 12.1 Å². The highest BCUT2D eigenvalue weighted by Crippen LogP contribution is 2.28. The number of ether oxygens (including phenoxy) is 1. The molecule has 1 aromatic rings. The van der Waals surface area contributed by atoms with Crippen LogP contribution in [0.5, 0.6) is 0 Å². The number of sulfonamides is 1. The summed E-state index contributed by atoms with van der Waals surface area (Å²) in [5.41, 5.74) is 0.668. The van der Waals surface area contributed by atoms with Crippen molar-refractivity contribution in [2.75, 3.05) is 20.3 Å². The van der Waals surface area contributed by atoms with E-state index in [4.69, 9.17) is 27.9 Å². The Bertz CT molecular complexity index is 579. The summed E-state index contributed by atoms with van der Waals surface area (Å²) in [6.07, 6.45) is 0. The molecule has 8 heteroatoms. The molecule has 0 amide bonds. The van der Waals surface area contributed by atoms with Crippen molar-refractivity contribution in [3.8, 4) is 0 Å². The molecule has 0 saturated heterocycles. The highest BCUT2D eigenvalue weighted by Gasteiger charge is 2.22. The lowest BCUT2D eigenvalue weighted by Crippen LogP contribution is -2.36. The molecule has 0 aliphatic heterocycles. The highest BCUT2D eigenvalue weighted by molar-refractivity contribution is 7.89. The molecule has 1 unspecified atom stereocenters. The van der Waals surface area contributed by atoms with Crippen molar-refractivity contribution in [2.45, 2.75) is 31.3 Å². The fourth-order valence-electron chi connectivity index (χ4n) is 1.76. The van der Waals surface area contributed by atoms with Gasteiger partial charge in [-0.05, 0) is 38.6 Å². The molecular formula is C13H20Cl2N2O3S. The zero-order valence-corrected chi connectivity index (χ0v) is 14.6. The third-order valence-corrected chi connectivity index (χ3v) is 5.09. The zero-order chi connectivity index (χ0) is 16.0. The van der Waals surface area contributed by atoms with Crippen LogP contribution in [0.1, 0.15) is 19.4 Å². The number of rotatable bonds is 8. The molecule has 1 atom stereocenters. The van der Waals surface area contributed by atoms with E-state index in [1.54, 1.807) is 14.0 Å². The topological polar surface area (TPSA) is 67.4 Å². The Balaban J connectivity index is 3.04. The molecule has 0 radical (unpaired) electrons. The van der Waals surface area contributed by atoms with Gasteiger partial charge < -0.3 is 10.1 Å². The summed E-state index contributed by atoms with van der Waals surface area (Å²) in [4.78, 5) is 0.0159. The van der Waals surface area contributed by atoms with E-state index in [9.17, 15) is 8.42 Å². The van der Waals surface area contributed by atoms with Crippen LogP contribution in [0.3, 0.4) is 0 Å². The van der Waals surface area contributed by atoms with E-state index in [0.717, 1.165) is 0 Å². The first-order valence-electron chi connectivity index (χ1n) is 6.54. The van der Waals surface area contributed by atoms with Crippen LogP contribution in [0.2, 0.25) is 10.0 Å². The van der Waals surface area contributed by atoms with Gasteiger partial charge in [-0.2, -0.15) is 0 Å². The van der Waals surface area contributed by atoms with E-state index in [-0.39, 0.29) is 16.0 Å². The van der Waals surface area contributed by atoms with Gasteiger partial charge in [0.2, 0.25) is 10.0 Å². The van der Waals surface area contributed by atoms with E-state index in [1.807, 2.05) is 6.92 Å². The van der Waals surface area contributed by atoms with Crippen molar-refractivity contribution >= 4 is 33.2 Å². The third-order valence-electron chi connectivity index (χ3n) is 2.69. The first kappa shape index (κ1) is 18.7. The predicted molar refractivity (Wildman–Crippen MR) is 85.5 cm³/mol. The number of nitrogens with one attached hydrogen (secondary N) is 2. The minimum atomic E-state index is -3.73. The second-order valence-electron chi connectivity index (χ2n) is 4.59. The fraction of sp³-hybridized carbons (Fsp3) is 0.538. The van der Waals surface area contributed by atoms with E-state index < -0.39 is 10.0 Å². The molecule has 0 aliphatic rings. The Morgan fingerprint density at radius 1 is 1.29 bits per heavy atom. The Hall–Kier alpha value is -0.370. The molecule has 5 nitrogen and oxygen atoms in total. The van der Waals surface area contributed by atoms with Gasteiger partial charge in [-0.3, -0.25) is 0 Å². The van der Waals surface area contributed by atoms with Crippen molar-refractivity contribution in [3.05, 3.63) is 27.7 Å². The van der Waals surface area contributed by atoms with Crippen LogP contribution in [-0.4, -0.2) is 34.7 Å². The Labute approximate surface area is 136 Å². The van der Waals surface area contributed by atoms with Crippen LogP contribution >= 0.6 is 23.2 Å². The number of halogens is 2. The summed E-state index contributed by atoms with van der Waals surface area (Å²) in [7, 11) is -1.98. The average molecular weight is 355 g/mol. The van der Waals surface area contributed by atoms with Crippen molar-refractivity contribution < 1.29 is 13.2 Å². The van der Waals surface area contributed by atoms with Crippen molar-refractivity contribution in [3.63, 3.8) is 0 Å². The quantitative estimate of drug-likeness (QED) is 0.752. The summed E-state index contributed by atoms with van der Waals surface area (Å²) >= 11 is 12.1. The van der Waals surface area contributed by atoms with Crippen LogP contribution in [-0.2, 0) is 21.3 Å².